The maximum atomic E-state index is 10.4. The zero-order chi connectivity index (χ0) is 17.1. The lowest BCUT2D eigenvalue weighted by Crippen LogP contribution is -2.35. The van der Waals surface area contributed by atoms with Gasteiger partial charge in [0.05, 0.1) is 12.3 Å². The number of hydrogen-bond acceptors (Lipinski definition) is 4. The quantitative estimate of drug-likeness (QED) is 0.644. The van der Waals surface area contributed by atoms with Crippen molar-refractivity contribution >= 4 is 0 Å². The van der Waals surface area contributed by atoms with Gasteiger partial charge in [-0.25, -0.2) is 4.98 Å². The molecule has 0 radical (unpaired) electrons. The Morgan fingerprint density at radius 1 is 1.24 bits per heavy atom. The van der Waals surface area contributed by atoms with Crippen LogP contribution >= 0.6 is 0 Å². The minimum Gasteiger partial charge on any atom is -0.391 e. The van der Waals surface area contributed by atoms with Gasteiger partial charge in [-0.05, 0) is 18.8 Å². The van der Waals surface area contributed by atoms with Crippen molar-refractivity contribution in [2.75, 3.05) is 0 Å². The molecular formula is C19H23N5O. The first-order valence-corrected chi connectivity index (χ1v) is 8.75. The lowest BCUT2D eigenvalue weighted by Gasteiger charge is -2.16. The molecule has 6 nitrogen and oxygen atoms in total. The third-order valence-electron chi connectivity index (χ3n) is 4.95. The molecule has 3 N–H and O–H groups in total. The maximum absolute atomic E-state index is 10.4. The number of H-pyrrole nitrogens is 1. The fourth-order valence-electron chi connectivity index (χ4n) is 3.69. The number of aliphatic hydroxyl groups excluding tert-OH is 1. The van der Waals surface area contributed by atoms with Crippen molar-refractivity contribution in [2.24, 2.45) is 5.92 Å². The Morgan fingerprint density at radius 3 is 2.92 bits per heavy atom. The van der Waals surface area contributed by atoms with E-state index in [2.05, 4.69) is 37.2 Å². The Hall–Kier alpha value is -2.44. The van der Waals surface area contributed by atoms with Gasteiger partial charge >= 0.3 is 0 Å². The van der Waals surface area contributed by atoms with E-state index in [0.717, 1.165) is 42.9 Å². The first-order valence-electron chi connectivity index (χ1n) is 8.75. The molecule has 3 aromatic rings. The van der Waals surface area contributed by atoms with Crippen molar-refractivity contribution < 1.29 is 5.11 Å². The van der Waals surface area contributed by atoms with E-state index in [-0.39, 0.29) is 12.1 Å². The minimum atomic E-state index is -0.305. The Morgan fingerprint density at radius 2 is 2.12 bits per heavy atom. The Balaban J connectivity index is 1.39. The van der Waals surface area contributed by atoms with Gasteiger partial charge in [0.2, 0.25) is 0 Å². The van der Waals surface area contributed by atoms with Crippen LogP contribution < -0.4 is 5.32 Å². The maximum Gasteiger partial charge on any atom is 0.139 e. The van der Waals surface area contributed by atoms with Crippen LogP contribution in [0.2, 0.25) is 0 Å². The van der Waals surface area contributed by atoms with Gasteiger partial charge in [-0.1, -0.05) is 30.3 Å². The van der Waals surface area contributed by atoms with Crippen LogP contribution in [0.3, 0.4) is 0 Å². The number of hydrogen-bond donors (Lipinski definition) is 3. The molecule has 1 saturated carbocycles. The third kappa shape index (κ3) is 3.65. The third-order valence-corrected chi connectivity index (χ3v) is 4.95. The molecule has 2 aromatic heterocycles. The van der Waals surface area contributed by atoms with Crippen molar-refractivity contribution in [1.82, 2.24) is 25.1 Å². The number of rotatable bonds is 6. The van der Waals surface area contributed by atoms with Gasteiger partial charge in [-0.15, -0.1) is 0 Å². The summed E-state index contributed by atoms with van der Waals surface area (Å²) in [6.07, 6.45) is 9.04. The summed E-state index contributed by atoms with van der Waals surface area (Å²) >= 11 is 0. The second kappa shape index (κ2) is 7.21. The summed E-state index contributed by atoms with van der Waals surface area (Å²) in [5.74, 6) is 1.43. The SMILES string of the molecule is O[C@@H]1CC(Cn2ccnc2-c2ccccc2)C[C@H]1NCc1cn[nH]c1. The molecular weight excluding hydrogens is 314 g/mol. The van der Waals surface area contributed by atoms with E-state index in [1.165, 1.54) is 0 Å². The van der Waals surface area contributed by atoms with Crippen molar-refractivity contribution in [3.05, 3.63) is 60.7 Å². The van der Waals surface area contributed by atoms with Crippen molar-refractivity contribution in [1.29, 1.82) is 0 Å². The van der Waals surface area contributed by atoms with E-state index < -0.39 is 0 Å². The average molecular weight is 337 g/mol. The molecule has 1 unspecified atom stereocenters. The van der Waals surface area contributed by atoms with Crippen molar-refractivity contribution in [3.63, 3.8) is 0 Å². The number of aromatic nitrogens is 4. The van der Waals surface area contributed by atoms with Gasteiger partial charge in [0, 0.05) is 48.8 Å². The number of imidazole rings is 1. The van der Waals surface area contributed by atoms with Crippen LogP contribution in [0.15, 0.2) is 55.1 Å². The van der Waals surface area contributed by atoms with E-state index in [9.17, 15) is 5.11 Å². The highest BCUT2D eigenvalue weighted by atomic mass is 16.3. The minimum absolute atomic E-state index is 0.128. The van der Waals surface area contributed by atoms with E-state index >= 15 is 0 Å². The summed E-state index contributed by atoms with van der Waals surface area (Å²) in [5.41, 5.74) is 2.23. The number of nitrogens with one attached hydrogen (secondary N) is 2. The Bertz CT molecular complexity index is 783. The van der Waals surface area contributed by atoms with Crippen molar-refractivity contribution in [2.45, 2.75) is 38.1 Å². The Labute approximate surface area is 146 Å². The molecule has 0 bridgehead atoms. The van der Waals surface area contributed by atoms with E-state index in [1.54, 1.807) is 0 Å². The van der Waals surface area contributed by atoms with Crippen LogP contribution in [0.5, 0.6) is 0 Å². The molecule has 2 heterocycles. The average Bonchev–Trinajstić information content (AvgIpc) is 3.36. The molecule has 130 valence electrons. The first kappa shape index (κ1) is 16.1. The van der Waals surface area contributed by atoms with Crippen LogP contribution in [0.1, 0.15) is 18.4 Å². The van der Waals surface area contributed by atoms with Crippen LogP contribution in [-0.2, 0) is 13.1 Å². The second-order valence-corrected chi connectivity index (χ2v) is 6.77. The lowest BCUT2D eigenvalue weighted by atomic mass is 10.1. The van der Waals surface area contributed by atoms with E-state index in [0.29, 0.717) is 5.92 Å². The molecule has 0 amide bonds. The zero-order valence-corrected chi connectivity index (χ0v) is 14.0. The van der Waals surface area contributed by atoms with Gasteiger partial charge in [0.1, 0.15) is 5.82 Å². The normalized spacial score (nSPS) is 23.2. The largest absolute Gasteiger partial charge is 0.391 e. The lowest BCUT2D eigenvalue weighted by molar-refractivity contribution is 0.145. The summed E-state index contributed by atoms with van der Waals surface area (Å²) in [7, 11) is 0. The second-order valence-electron chi connectivity index (χ2n) is 6.77. The van der Waals surface area contributed by atoms with Crippen LogP contribution in [-0.4, -0.2) is 37.0 Å². The predicted molar refractivity (Wildman–Crippen MR) is 95.6 cm³/mol. The summed E-state index contributed by atoms with van der Waals surface area (Å²) in [5, 5.41) is 20.6. The molecule has 4 rings (SSSR count). The van der Waals surface area contributed by atoms with Gasteiger partial charge in [0.25, 0.3) is 0 Å². The Kier molecular flexibility index (Phi) is 4.63. The fourth-order valence-corrected chi connectivity index (χ4v) is 3.69. The molecule has 0 saturated heterocycles. The van der Waals surface area contributed by atoms with E-state index in [1.807, 2.05) is 43.0 Å². The number of benzene rings is 1. The van der Waals surface area contributed by atoms with Crippen molar-refractivity contribution in [3.8, 4) is 11.4 Å². The van der Waals surface area contributed by atoms with Crippen LogP contribution in [0.4, 0.5) is 0 Å². The molecule has 6 heteroatoms. The molecule has 1 aliphatic carbocycles. The molecule has 1 aliphatic rings. The van der Waals surface area contributed by atoms with Crippen LogP contribution in [0, 0.1) is 5.92 Å². The summed E-state index contributed by atoms with van der Waals surface area (Å²) in [6, 6.07) is 10.4. The standard InChI is InChI=1S/C19H23N5O/c25-18-9-14(8-17(18)21-10-15-11-22-23-12-15)13-24-7-6-20-19(24)16-4-2-1-3-5-16/h1-7,11-12,14,17-18,21,25H,8-10,13H2,(H,22,23)/t14?,17-,18-/m1/s1. The first-order chi connectivity index (χ1) is 12.3. The van der Waals surface area contributed by atoms with Gasteiger partial charge in [-0.2, -0.15) is 5.10 Å². The molecule has 0 spiro atoms. The number of nitrogens with zero attached hydrogens (tertiary/aromatic N) is 3. The fraction of sp³-hybridized carbons (Fsp3) is 0.368. The predicted octanol–water partition coefficient (Wildman–Crippen LogP) is 2.20. The van der Waals surface area contributed by atoms with E-state index in [4.69, 9.17) is 0 Å². The summed E-state index contributed by atoms with van der Waals surface area (Å²) < 4.78 is 2.20. The van der Waals surface area contributed by atoms with Gasteiger partial charge in [-0.3, -0.25) is 5.10 Å². The molecule has 1 aromatic carbocycles. The summed E-state index contributed by atoms with van der Waals surface area (Å²) in [6.45, 7) is 1.61. The zero-order valence-electron chi connectivity index (χ0n) is 14.0. The molecule has 3 atom stereocenters. The molecule has 25 heavy (non-hydrogen) atoms. The highest BCUT2D eigenvalue weighted by Crippen LogP contribution is 2.29. The number of aliphatic hydroxyl groups is 1. The molecule has 0 aliphatic heterocycles. The van der Waals surface area contributed by atoms with Crippen LogP contribution in [0.25, 0.3) is 11.4 Å². The monoisotopic (exact) mass is 337 g/mol. The molecule has 1 fully saturated rings. The number of aromatic amines is 1. The highest BCUT2D eigenvalue weighted by Gasteiger charge is 2.33. The summed E-state index contributed by atoms with van der Waals surface area (Å²) in [4.78, 5) is 4.51. The van der Waals surface area contributed by atoms with Gasteiger partial charge in [0.15, 0.2) is 0 Å². The smallest absolute Gasteiger partial charge is 0.139 e. The van der Waals surface area contributed by atoms with Gasteiger partial charge < -0.3 is 15.0 Å². The topological polar surface area (TPSA) is 78.8 Å². The highest BCUT2D eigenvalue weighted by molar-refractivity contribution is 5.55.